The molecule has 0 radical (unpaired) electrons. The van der Waals surface area contributed by atoms with Gasteiger partial charge in [0, 0.05) is 44.1 Å². The lowest BCUT2D eigenvalue weighted by molar-refractivity contribution is 0.219. The molecule has 1 rings (SSSR count). The fourth-order valence-corrected chi connectivity index (χ4v) is 3.10. The highest BCUT2D eigenvalue weighted by Gasteiger charge is 2.07. The third-order valence-electron chi connectivity index (χ3n) is 3.02. The summed E-state index contributed by atoms with van der Waals surface area (Å²) in [5.41, 5.74) is 0. The molecule has 0 aliphatic rings. The zero-order chi connectivity index (χ0) is 15.0. The number of nitrogens with one attached hydrogen (secondary N) is 1. The van der Waals surface area contributed by atoms with E-state index >= 15 is 0 Å². The van der Waals surface area contributed by atoms with Gasteiger partial charge < -0.3 is 15.1 Å². The van der Waals surface area contributed by atoms with Gasteiger partial charge in [-0.25, -0.2) is 0 Å². The third kappa shape index (κ3) is 8.22. The van der Waals surface area contributed by atoms with Crippen molar-refractivity contribution >= 4 is 22.9 Å². The van der Waals surface area contributed by atoms with Gasteiger partial charge in [-0.15, -0.1) is 11.3 Å². The van der Waals surface area contributed by atoms with E-state index in [1.54, 1.807) is 11.3 Å². The maximum absolute atomic E-state index is 5.93. The Labute approximate surface area is 132 Å². The predicted octanol–water partition coefficient (Wildman–Crippen LogP) is 3.01. The number of halogens is 1. The van der Waals surface area contributed by atoms with Crippen LogP contribution in [0.3, 0.4) is 0 Å². The highest BCUT2D eigenvalue weighted by Crippen LogP contribution is 2.20. The molecule has 0 amide bonds. The third-order valence-corrected chi connectivity index (χ3v) is 4.25. The number of rotatable bonds is 10. The Bertz CT molecular complexity index is 366. The minimum atomic E-state index is 0.716. The van der Waals surface area contributed by atoms with Gasteiger partial charge in [-0.3, -0.25) is 0 Å². The van der Waals surface area contributed by atoms with Gasteiger partial charge in [0.15, 0.2) is 0 Å². The van der Waals surface area contributed by atoms with Crippen LogP contribution in [0.5, 0.6) is 0 Å². The fourth-order valence-electron chi connectivity index (χ4n) is 2.05. The van der Waals surface area contributed by atoms with Gasteiger partial charge in [0.25, 0.3) is 0 Å². The van der Waals surface area contributed by atoms with Gasteiger partial charge in [-0.05, 0) is 32.1 Å². The van der Waals surface area contributed by atoms with Crippen molar-refractivity contribution in [2.24, 2.45) is 5.92 Å². The topological polar surface area (TPSA) is 18.5 Å². The van der Waals surface area contributed by atoms with E-state index in [0.717, 1.165) is 37.1 Å². The predicted molar refractivity (Wildman–Crippen MR) is 90.9 cm³/mol. The molecule has 0 saturated carbocycles. The Balaban J connectivity index is 2.23. The van der Waals surface area contributed by atoms with Crippen molar-refractivity contribution in [3.05, 3.63) is 21.3 Å². The summed E-state index contributed by atoms with van der Waals surface area (Å²) >= 11 is 7.58. The zero-order valence-electron chi connectivity index (χ0n) is 13.2. The summed E-state index contributed by atoms with van der Waals surface area (Å²) in [6.45, 7) is 11.0. The van der Waals surface area contributed by atoms with Crippen molar-refractivity contribution in [3.8, 4) is 0 Å². The maximum atomic E-state index is 5.93. The average Bonchev–Trinajstić information content (AvgIpc) is 2.76. The lowest BCUT2D eigenvalue weighted by Crippen LogP contribution is -2.38. The minimum Gasteiger partial charge on any atom is -0.311 e. The van der Waals surface area contributed by atoms with E-state index in [9.17, 15) is 0 Å². The first-order chi connectivity index (χ1) is 9.47. The molecule has 1 aromatic rings. The highest BCUT2D eigenvalue weighted by atomic mass is 35.5. The maximum Gasteiger partial charge on any atom is 0.0931 e. The van der Waals surface area contributed by atoms with E-state index in [4.69, 9.17) is 11.6 Å². The van der Waals surface area contributed by atoms with E-state index in [1.165, 1.54) is 11.4 Å². The summed E-state index contributed by atoms with van der Waals surface area (Å²) < 4.78 is 0.870. The van der Waals surface area contributed by atoms with Crippen LogP contribution in [0, 0.1) is 5.92 Å². The molecule has 0 spiro atoms. The Morgan fingerprint density at radius 1 is 1.20 bits per heavy atom. The standard InChI is InChI=1S/C15H28ClN3S/c1-13(2)12-19(10-9-18(3)4)8-7-17-11-14-5-6-15(16)20-14/h5-6,13,17H,7-12H2,1-4H3. The smallest absolute Gasteiger partial charge is 0.0931 e. The van der Waals surface area contributed by atoms with Crippen molar-refractivity contribution < 1.29 is 0 Å². The molecule has 0 aliphatic carbocycles. The number of likely N-dealkylation sites (N-methyl/N-ethyl adjacent to an activating group) is 1. The normalized spacial score (nSPS) is 12.0. The van der Waals surface area contributed by atoms with Crippen molar-refractivity contribution in [3.63, 3.8) is 0 Å². The number of thiophene rings is 1. The lowest BCUT2D eigenvalue weighted by Gasteiger charge is -2.25. The quantitative estimate of drug-likeness (QED) is 0.669. The Morgan fingerprint density at radius 3 is 2.50 bits per heavy atom. The monoisotopic (exact) mass is 317 g/mol. The molecule has 0 unspecified atom stereocenters. The van der Waals surface area contributed by atoms with E-state index in [1.807, 2.05) is 6.07 Å². The van der Waals surface area contributed by atoms with Crippen LogP contribution in [0.25, 0.3) is 0 Å². The molecule has 116 valence electrons. The molecule has 0 aromatic carbocycles. The number of hydrogen-bond donors (Lipinski definition) is 1. The molecule has 0 bridgehead atoms. The van der Waals surface area contributed by atoms with E-state index in [0.29, 0.717) is 5.92 Å². The SMILES string of the molecule is CC(C)CN(CCNCc1ccc(Cl)s1)CCN(C)C. The van der Waals surface area contributed by atoms with Crippen molar-refractivity contribution in [2.45, 2.75) is 20.4 Å². The number of nitrogens with zero attached hydrogens (tertiary/aromatic N) is 2. The molecule has 0 saturated heterocycles. The Hall–Kier alpha value is -0.130. The first-order valence-electron chi connectivity index (χ1n) is 7.29. The van der Waals surface area contributed by atoms with Crippen LogP contribution in [0.1, 0.15) is 18.7 Å². The van der Waals surface area contributed by atoms with E-state index in [2.05, 4.69) is 49.1 Å². The molecular weight excluding hydrogens is 290 g/mol. The first-order valence-corrected chi connectivity index (χ1v) is 8.49. The summed E-state index contributed by atoms with van der Waals surface area (Å²) in [4.78, 5) is 6.09. The van der Waals surface area contributed by atoms with Gasteiger partial charge >= 0.3 is 0 Å². The molecular formula is C15H28ClN3S. The van der Waals surface area contributed by atoms with Crippen molar-refractivity contribution in [1.29, 1.82) is 0 Å². The van der Waals surface area contributed by atoms with Gasteiger partial charge in [0.1, 0.15) is 0 Å². The first kappa shape index (κ1) is 17.9. The van der Waals surface area contributed by atoms with Crippen LogP contribution in [-0.2, 0) is 6.54 Å². The second-order valence-corrected chi connectivity index (χ2v) is 7.68. The molecule has 20 heavy (non-hydrogen) atoms. The second kappa shape index (κ2) is 9.74. The summed E-state index contributed by atoms with van der Waals surface area (Å²) in [5, 5.41) is 3.50. The summed E-state index contributed by atoms with van der Waals surface area (Å²) in [6, 6.07) is 4.06. The molecule has 3 nitrogen and oxygen atoms in total. The summed E-state index contributed by atoms with van der Waals surface area (Å²) in [7, 11) is 4.26. The van der Waals surface area contributed by atoms with Crippen LogP contribution in [0.4, 0.5) is 0 Å². The summed E-state index contributed by atoms with van der Waals surface area (Å²) in [6.07, 6.45) is 0. The molecule has 0 atom stereocenters. The fraction of sp³-hybridized carbons (Fsp3) is 0.733. The highest BCUT2D eigenvalue weighted by molar-refractivity contribution is 7.16. The van der Waals surface area contributed by atoms with Gasteiger partial charge in [-0.1, -0.05) is 25.4 Å². The van der Waals surface area contributed by atoms with Gasteiger partial charge in [0.2, 0.25) is 0 Å². The molecule has 0 fully saturated rings. The Kier molecular flexibility index (Phi) is 8.73. The largest absolute Gasteiger partial charge is 0.311 e. The van der Waals surface area contributed by atoms with Gasteiger partial charge in [0.05, 0.1) is 4.34 Å². The van der Waals surface area contributed by atoms with Crippen LogP contribution in [0.2, 0.25) is 4.34 Å². The van der Waals surface area contributed by atoms with Crippen LogP contribution in [0.15, 0.2) is 12.1 Å². The van der Waals surface area contributed by atoms with Crippen LogP contribution >= 0.6 is 22.9 Å². The Morgan fingerprint density at radius 2 is 1.95 bits per heavy atom. The lowest BCUT2D eigenvalue weighted by atomic mass is 10.2. The van der Waals surface area contributed by atoms with E-state index < -0.39 is 0 Å². The number of hydrogen-bond acceptors (Lipinski definition) is 4. The van der Waals surface area contributed by atoms with Crippen LogP contribution < -0.4 is 5.32 Å². The van der Waals surface area contributed by atoms with Crippen molar-refractivity contribution in [1.82, 2.24) is 15.1 Å². The second-order valence-electron chi connectivity index (χ2n) is 5.88. The molecule has 1 aromatic heterocycles. The van der Waals surface area contributed by atoms with Crippen LogP contribution in [-0.4, -0.2) is 56.6 Å². The molecule has 0 aliphatic heterocycles. The molecule has 5 heteroatoms. The van der Waals surface area contributed by atoms with E-state index in [-0.39, 0.29) is 0 Å². The average molecular weight is 318 g/mol. The molecule has 1 N–H and O–H groups in total. The van der Waals surface area contributed by atoms with Gasteiger partial charge in [-0.2, -0.15) is 0 Å². The summed E-state index contributed by atoms with van der Waals surface area (Å²) in [5.74, 6) is 0.716. The van der Waals surface area contributed by atoms with Crippen molar-refractivity contribution in [2.75, 3.05) is 46.8 Å². The zero-order valence-corrected chi connectivity index (χ0v) is 14.7. The molecule has 1 heterocycles. The minimum absolute atomic E-state index is 0.716.